The maximum absolute atomic E-state index is 4.16. The average molecular weight is 194 g/mol. The van der Waals surface area contributed by atoms with Crippen molar-refractivity contribution in [2.24, 2.45) is 0 Å². The molecule has 4 heteroatoms. The van der Waals surface area contributed by atoms with E-state index in [4.69, 9.17) is 0 Å². The van der Waals surface area contributed by atoms with Gasteiger partial charge in [0.1, 0.15) is 0 Å². The summed E-state index contributed by atoms with van der Waals surface area (Å²) in [4.78, 5) is 10.5. The van der Waals surface area contributed by atoms with Crippen molar-refractivity contribution in [2.75, 3.05) is 32.5 Å². The Labute approximate surface area is 85.4 Å². The van der Waals surface area contributed by atoms with E-state index >= 15 is 0 Å². The monoisotopic (exact) mass is 194 g/mol. The van der Waals surface area contributed by atoms with Gasteiger partial charge in [-0.15, -0.1) is 0 Å². The number of hydrogen-bond acceptors (Lipinski definition) is 4. The van der Waals surface area contributed by atoms with Gasteiger partial charge in [0.15, 0.2) is 0 Å². The van der Waals surface area contributed by atoms with E-state index in [1.165, 1.54) is 0 Å². The topological polar surface area (TPSA) is 41.1 Å². The zero-order valence-electron chi connectivity index (χ0n) is 9.12. The molecule has 0 unspecified atom stereocenters. The molecule has 1 aromatic rings. The first-order valence-electron chi connectivity index (χ1n) is 4.86. The van der Waals surface area contributed by atoms with Crippen molar-refractivity contribution < 1.29 is 0 Å². The molecule has 0 atom stereocenters. The Morgan fingerprint density at radius 2 is 1.93 bits per heavy atom. The Balaban J connectivity index is 2.21. The van der Waals surface area contributed by atoms with Crippen molar-refractivity contribution in [1.29, 1.82) is 0 Å². The van der Waals surface area contributed by atoms with Crippen molar-refractivity contribution >= 4 is 5.95 Å². The van der Waals surface area contributed by atoms with Crippen molar-refractivity contribution in [1.82, 2.24) is 14.9 Å². The van der Waals surface area contributed by atoms with Gasteiger partial charge in [-0.05, 0) is 39.5 Å². The zero-order valence-corrected chi connectivity index (χ0v) is 9.12. The maximum atomic E-state index is 4.16. The third kappa shape index (κ3) is 4.18. The third-order valence-electron chi connectivity index (χ3n) is 1.85. The number of aryl methyl sites for hydroxylation is 1. The fourth-order valence-electron chi connectivity index (χ4n) is 1.08. The lowest BCUT2D eigenvalue weighted by molar-refractivity contribution is 0.405. The van der Waals surface area contributed by atoms with Gasteiger partial charge >= 0.3 is 0 Å². The van der Waals surface area contributed by atoms with Crippen LogP contribution in [0.5, 0.6) is 0 Å². The molecule has 0 saturated heterocycles. The van der Waals surface area contributed by atoms with Crippen LogP contribution >= 0.6 is 0 Å². The molecule has 0 aliphatic carbocycles. The summed E-state index contributed by atoms with van der Waals surface area (Å²) in [6.07, 6.45) is 4.74. The molecule has 0 amide bonds. The van der Waals surface area contributed by atoms with E-state index in [1.54, 1.807) is 0 Å². The second-order valence-electron chi connectivity index (χ2n) is 3.67. The second-order valence-corrected chi connectivity index (χ2v) is 3.67. The lowest BCUT2D eigenvalue weighted by Gasteiger charge is -2.09. The van der Waals surface area contributed by atoms with Crippen LogP contribution in [0.3, 0.4) is 0 Å². The van der Waals surface area contributed by atoms with Gasteiger partial charge in [-0.25, -0.2) is 9.97 Å². The summed E-state index contributed by atoms with van der Waals surface area (Å²) in [6.45, 7) is 3.98. The molecule has 78 valence electrons. The minimum Gasteiger partial charge on any atom is -0.354 e. The predicted octanol–water partition coefficient (Wildman–Crippen LogP) is 1.15. The minimum atomic E-state index is 0.717. The van der Waals surface area contributed by atoms with Crippen molar-refractivity contribution in [3.63, 3.8) is 0 Å². The smallest absolute Gasteiger partial charge is 0.222 e. The molecule has 1 rings (SSSR count). The Hall–Kier alpha value is -1.16. The predicted molar refractivity (Wildman–Crippen MR) is 58.4 cm³/mol. The third-order valence-corrected chi connectivity index (χ3v) is 1.85. The number of nitrogens with zero attached hydrogens (tertiary/aromatic N) is 3. The molecule has 1 N–H and O–H groups in total. The molecule has 0 spiro atoms. The highest BCUT2D eigenvalue weighted by atomic mass is 15.1. The molecule has 0 saturated carbocycles. The highest BCUT2D eigenvalue weighted by Gasteiger charge is 1.94. The van der Waals surface area contributed by atoms with Crippen LogP contribution < -0.4 is 5.32 Å². The van der Waals surface area contributed by atoms with Crippen LogP contribution in [-0.4, -0.2) is 42.1 Å². The first kappa shape index (κ1) is 10.9. The molecule has 1 heterocycles. The summed E-state index contributed by atoms with van der Waals surface area (Å²) in [5.41, 5.74) is 1.09. The molecule has 0 radical (unpaired) electrons. The van der Waals surface area contributed by atoms with Crippen molar-refractivity contribution in [3.8, 4) is 0 Å². The fraction of sp³-hybridized carbons (Fsp3) is 0.600. The van der Waals surface area contributed by atoms with Gasteiger partial charge in [-0.1, -0.05) is 0 Å². The quantitative estimate of drug-likeness (QED) is 0.714. The first-order chi connectivity index (χ1) is 6.68. The van der Waals surface area contributed by atoms with Gasteiger partial charge in [-0.3, -0.25) is 0 Å². The normalized spacial score (nSPS) is 10.6. The van der Waals surface area contributed by atoms with Crippen molar-refractivity contribution in [3.05, 3.63) is 18.0 Å². The Morgan fingerprint density at radius 3 is 2.50 bits per heavy atom. The number of anilines is 1. The van der Waals surface area contributed by atoms with E-state index < -0.39 is 0 Å². The van der Waals surface area contributed by atoms with E-state index in [0.717, 1.165) is 25.1 Å². The van der Waals surface area contributed by atoms with E-state index in [9.17, 15) is 0 Å². The first-order valence-corrected chi connectivity index (χ1v) is 4.86. The van der Waals surface area contributed by atoms with Gasteiger partial charge in [-0.2, -0.15) is 0 Å². The number of nitrogens with one attached hydrogen (secondary N) is 1. The number of rotatable bonds is 5. The summed E-state index contributed by atoms with van der Waals surface area (Å²) < 4.78 is 0. The molecule has 4 nitrogen and oxygen atoms in total. The van der Waals surface area contributed by atoms with Crippen LogP contribution in [0.2, 0.25) is 0 Å². The summed E-state index contributed by atoms with van der Waals surface area (Å²) in [5, 5.41) is 3.18. The SMILES string of the molecule is Cc1cnc(NCCCN(C)C)nc1. The summed E-state index contributed by atoms with van der Waals surface area (Å²) in [5.74, 6) is 0.717. The highest BCUT2D eigenvalue weighted by molar-refractivity contribution is 5.23. The van der Waals surface area contributed by atoms with Crippen LogP contribution in [-0.2, 0) is 0 Å². The molecular weight excluding hydrogens is 176 g/mol. The summed E-state index contributed by atoms with van der Waals surface area (Å²) in [7, 11) is 4.14. The molecule has 0 aliphatic heterocycles. The Bertz CT molecular complexity index is 255. The number of aromatic nitrogens is 2. The van der Waals surface area contributed by atoms with Gasteiger partial charge < -0.3 is 10.2 Å². The van der Waals surface area contributed by atoms with Crippen LogP contribution in [0.4, 0.5) is 5.95 Å². The van der Waals surface area contributed by atoms with Gasteiger partial charge in [0.25, 0.3) is 0 Å². The largest absolute Gasteiger partial charge is 0.354 e. The lowest BCUT2D eigenvalue weighted by Crippen LogP contribution is -2.16. The minimum absolute atomic E-state index is 0.717. The summed E-state index contributed by atoms with van der Waals surface area (Å²) >= 11 is 0. The molecule has 0 bridgehead atoms. The average Bonchev–Trinajstić information content (AvgIpc) is 2.15. The Morgan fingerprint density at radius 1 is 1.29 bits per heavy atom. The Kier molecular flexibility index (Phi) is 4.32. The summed E-state index contributed by atoms with van der Waals surface area (Å²) in [6, 6.07) is 0. The standard InChI is InChI=1S/C10H18N4/c1-9-7-12-10(13-8-9)11-5-4-6-14(2)3/h7-8H,4-6H2,1-3H3,(H,11,12,13). The molecule has 0 aliphatic rings. The molecular formula is C10H18N4. The van der Waals surface area contributed by atoms with Gasteiger partial charge in [0.2, 0.25) is 5.95 Å². The van der Waals surface area contributed by atoms with Gasteiger partial charge in [0, 0.05) is 18.9 Å². The van der Waals surface area contributed by atoms with E-state index in [-0.39, 0.29) is 0 Å². The van der Waals surface area contributed by atoms with Crippen LogP contribution in [0.1, 0.15) is 12.0 Å². The molecule has 0 fully saturated rings. The second kappa shape index (κ2) is 5.54. The van der Waals surface area contributed by atoms with E-state index in [0.29, 0.717) is 5.95 Å². The zero-order chi connectivity index (χ0) is 10.4. The van der Waals surface area contributed by atoms with Crippen LogP contribution in [0.25, 0.3) is 0 Å². The van der Waals surface area contributed by atoms with Crippen LogP contribution in [0.15, 0.2) is 12.4 Å². The lowest BCUT2D eigenvalue weighted by atomic mass is 10.4. The van der Waals surface area contributed by atoms with E-state index in [2.05, 4.69) is 34.3 Å². The molecule has 0 aromatic carbocycles. The maximum Gasteiger partial charge on any atom is 0.222 e. The van der Waals surface area contributed by atoms with Crippen molar-refractivity contribution in [2.45, 2.75) is 13.3 Å². The molecule has 14 heavy (non-hydrogen) atoms. The fourth-order valence-corrected chi connectivity index (χ4v) is 1.08. The number of hydrogen-bond donors (Lipinski definition) is 1. The highest BCUT2D eigenvalue weighted by Crippen LogP contribution is 1.98. The van der Waals surface area contributed by atoms with E-state index in [1.807, 2.05) is 19.3 Å². The molecule has 1 aromatic heterocycles. The van der Waals surface area contributed by atoms with Gasteiger partial charge in [0.05, 0.1) is 0 Å². The van der Waals surface area contributed by atoms with Crippen LogP contribution in [0, 0.1) is 6.92 Å².